The third kappa shape index (κ3) is 7.02. The van der Waals surface area contributed by atoms with E-state index in [1.54, 1.807) is 4.31 Å². The van der Waals surface area contributed by atoms with Gasteiger partial charge < -0.3 is 9.67 Å². The number of aliphatic carboxylic acids is 1. The van der Waals surface area contributed by atoms with Gasteiger partial charge in [-0.25, -0.2) is 18.2 Å². The molecule has 2 aliphatic heterocycles. The van der Waals surface area contributed by atoms with Crippen molar-refractivity contribution in [2.24, 2.45) is 0 Å². The maximum Gasteiger partial charge on any atom is 0.490 e. The first kappa shape index (κ1) is 25.2. The smallest absolute Gasteiger partial charge is 0.475 e. The fourth-order valence-corrected chi connectivity index (χ4v) is 5.41. The second-order valence-electron chi connectivity index (χ2n) is 8.05. The number of halogens is 3. The van der Waals surface area contributed by atoms with Gasteiger partial charge >= 0.3 is 12.1 Å². The number of sulfonamides is 1. The Bertz CT molecular complexity index is 1040. The Balaban J connectivity index is 0.000000383. The lowest BCUT2D eigenvalue weighted by Gasteiger charge is -2.21. The van der Waals surface area contributed by atoms with Crippen molar-refractivity contribution in [3.05, 3.63) is 53.6 Å². The third-order valence-electron chi connectivity index (χ3n) is 5.57. The van der Waals surface area contributed by atoms with Gasteiger partial charge in [0.15, 0.2) is 0 Å². The summed E-state index contributed by atoms with van der Waals surface area (Å²) in [5.41, 5.74) is 2.93. The molecule has 0 atom stereocenters. The molecule has 2 aromatic rings. The molecule has 3 heterocycles. The first-order valence-electron chi connectivity index (χ1n) is 10.6. The van der Waals surface area contributed by atoms with Gasteiger partial charge in [0.25, 0.3) is 0 Å². The van der Waals surface area contributed by atoms with E-state index in [1.807, 2.05) is 36.7 Å². The largest absolute Gasteiger partial charge is 0.490 e. The Hall–Kier alpha value is -2.44. The van der Waals surface area contributed by atoms with Crippen molar-refractivity contribution in [3.8, 4) is 0 Å². The monoisotopic (exact) mass is 488 g/mol. The van der Waals surface area contributed by atoms with Crippen molar-refractivity contribution >= 4 is 16.0 Å². The molecule has 0 aliphatic carbocycles. The quantitative estimate of drug-likeness (QED) is 0.696. The molecule has 0 amide bonds. The van der Waals surface area contributed by atoms with Crippen LogP contribution in [0.3, 0.4) is 0 Å². The van der Waals surface area contributed by atoms with E-state index in [1.165, 1.54) is 12.8 Å². The van der Waals surface area contributed by atoms with Gasteiger partial charge in [0.2, 0.25) is 10.0 Å². The van der Waals surface area contributed by atoms with Gasteiger partial charge in [-0.15, -0.1) is 0 Å². The number of likely N-dealkylation sites (tertiary alicyclic amines) is 1. The zero-order valence-electron chi connectivity index (χ0n) is 18.0. The van der Waals surface area contributed by atoms with Gasteiger partial charge in [-0.05, 0) is 37.9 Å². The predicted molar refractivity (Wildman–Crippen MR) is 115 cm³/mol. The number of aryl methyl sites for hydroxylation is 1. The van der Waals surface area contributed by atoms with Crippen molar-refractivity contribution in [1.82, 2.24) is 18.8 Å². The maximum atomic E-state index is 13.0. The first-order chi connectivity index (χ1) is 15.6. The number of rotatable bonds is 5. The lowest BCUT2D eigenvalue weighted by Crippen LogP contribution is -2.32. The SMILES string of the molecule is O=C(O)C(F)(F)F.O=S(=O)(Cc1ccccc1)N1CCCn2cnc(CN3CCCC3)c2C1. The number of aromatic nitrogens is 2. The summed E-state index contributed by atoms with van der Waals surface area (Å²) < 4.78 is 61.5. The Morgan fingerprint density at radius 2 is 1.67 bits per heavy atom. The highest BCUT2D eigenvalue weighted by Gasteiger charge is 2.38. The average Bonchev–Trinajstić information content (AvgIpc) is 3.33. The topological polar surface area (TPSA) is 95.7 Å². The molecular formula is C21H27F3N4O4S. The number of fused-ring (bicyclic) bond motifs is 1. The number of benzene rings is 1. The first-order valence-corrected chi connectivity index (χ1v) is 12.2. The molecule has 4 rings (SSSR count). The molecule has 0 bridgehead atoms. The third-order valence-corrected chi connectivity index (χ3v) is 7.36. The zero-order chi connectivity index (χ0) is 24.1. The molecule has 0 spiro atoms. The maximum absolute atomic E-state index is 13.0. The van der Waals surface area contributed by atoms with Crippen molar-refractivity contribution in [1.29, 1.82) is 0 Å². The highest BCUT2D eigenvalue weighted by atomic mass is 32.2. The summed E-state index contributed by atoms with van der Waals surface area (Å²) in [6.07, 6.45) is 0.107. The van der Waals surface area contributed by atoms with Gasteiger partial charge in [0, 0.05) is 19.6 Å². The number of carbonyl (C=O) groups is 1. The van der Waals surface area contributed by atoms with Crippen LogP contribution in [-0.4, -0.2) is 64.1 Å². The number of carboxylic acid groups (broad SMARTS) is 1. The number of hydrogen-bond donors (Lipinski definition) is 1. The van der Waals surface area contributed by atoms with Crippen molar-refractivity contribution in [2.45, 2.75) is 50.8 Å². The number of nitrogens with zero attached hydrogens (tertiary/aromatic N) is 4. The van der Waals surface area contributed by atoms with Crippen LogP contribution < -0.4 is 0 Å². The lowest BCUT2D eigenvalue weighted by molar-refractivity contribution is -0.192. The van der Waals surface area contributed by atoms with Crippen LogP contribution in [-0.2, 0) is 40.2 Å². The molecule has 0 saturated carbocycles. The summed E-state index contributed by atoms with van der Waals surface area (Å²) in [6.45, 7) is 4.89. The molecular weight excluding hydrogens is 461 g/mol. The molecule has 12 heteroatoms. The zero-order valence-corrected chi connectivity index (χ0v) is 18.9. The summed E-state index contributed by atoms with van der Waals surface area (Å²) in [6, 6.07) is 9.43. The second-order valence-corrected chi connectivity index (χ2v) is 10.0. The molecule has 1 N–H and O–H groups in total. The van der Waals surface area contributed by atoms with E-state index < -0.39 is 22.2 Å². The molecule has 0 radical (unpaired) electrons. The van der Waals surface area contributed by atoms with Crippen LogP contribution in [0.15, 0.2) is 36.7 Å². The van der Waals surface area contributed by atoms with Gasteiger partial charge in [-0.1, -0.05) is 30.3 Å². The Morgan fingerprint density at radius 3 is 2.27 bits per heavy atom. The summed E-state index contributed by atoms with van der Waals surface area (Å²) in [5, 5.41) is 7.12. The molecule has 1 aromatic heterocycles. The lowest BCUT2D eigenvalue weighted by atomic mass is 10.2. The van der Waals surface area contributed by atoms with Crippen LogP contribution >= 0.6 is 0 Å². The number of alkyl halides is 3. The Labute approximate surface area is 190 Å². The number of imidazole rings is 1. The van der Waals surface area contributed by atoms with Crippen LogP contribution in [0.1, 0.15) is 36.2 Å². The second kappa shape index (κ2) is 10.7. The number of carboxylic acids is 1. The minimum absolute atomic E-state index is 0.0590. The van der Waals surface area contributed by atoms with Crippen LogP contribution in [0.5, 0.6) is 0 Å². The molecule has 1 fully saturated rings. The van der Waals surface area contributed by atoms with E-state index in [2.05, 4.69) is 14.5 Å². The van der Waals surface area contributed by atoms with Crippen molar-refractivity contribution < 1.29 is 31.5 Å². The highest BCUT2D eigenvalue weighted by molar-refractivity contribution is 7.88. The van der Waals surface area contributed by atoms with E-state index in [4.69, 9.17) is 9.90 Å². The van der Waals surface area contributed by atoms with Crippen LogP contribution in [0.2, 0.25) is 0 Å². The van der Waals surface area contributed by atoms with Crippen molar-refractivity contribution in [2.75, 3.05) is 19.6 Å². The highest BCUT2D eigenvalue weighted by Crippen LogP contribution is 2.23. The van der Waals surface area contributed by atoms with Crippen LogP contribution in [0.25, 0.3) is 0 Å². The molecule has 1 saturated heterocycles. The van der Waals surface area contributed by atoms with E-state index in [0.29, 0.717) is 13.1 Å². The average molecular weight is 489 g/mol. The van der Waals surface area contributed by atoms with E-state index >= 15 is 0 Å². The van der Waals surface area contributed by atoms with E-state index in [9.17, 15) is 21.6 Å². The van der Waals surface area contributed by atoms with Crippen molar-refractivity contribution in [3.63, 3.8) is 0 Å². The van der Waals surface area contributed by atoms with Gasteiger partial charge in [0.1, 0.15) is 0 Å². The van der Waals surface area contributed by atoms with Gasteiger partial charge in [-0.2, -0.15) is 17.5 Å². The van der Waals surface area contributed by atoms with E-state index in [0.717, 1.165) is 49.6 Å². The standard InChI is InChI=1S/C19H26N4O2S.C2HF3O2/c24-26(25,15-17-7-2-1-3-8-17)23-12-6-11-22-16-20-18(19(22)14-23)13-21-9-4-5-10-21;3-2(4,5)1(6)7/h1-3,7-8,16H,4-6,9-15H2;(H,6,7). The molecule has 8 nitrogen and oxygen atoms in total. The summed E-state index contributed by atoms with van der Waals surface area (Å²) in [4.78, 5) is 15.9. The fraction of sp³-hybridized carbons (Fsp3) is 0.524. The number of hydrogen-bond acceptors (Lipinski definition) is 5. The van der Waals surface area contributed by atoms with Gasteiger partial charge in [-0.3, -0.25) is 4.90 Å². The minimum atomic E-state index is -5.08. The van der Waals surface area contributed by atoms with E-state index in [-0.39, 0.29) is 5.75 Å². The normalized spacial score (nSPS) is 17.7. The molecule has 1 aromatic carbocycles. The summed E-state index contributed by atoms with van der Waals surface area (Å²) in [7, 11) is -3.35. The summed E-state index contributed by atoms with van der Waals surface area (Å²) >= 11 is 0. The van der Waals surface area contributed by atoms with Crippen LogP contribution in [0, 0.1) is 0 Å². The Kier molecular flexibility index (Phi) is 8.14. The predicted octanol–water partition coefficient (Wildman–Crippen LogP) is 2.85. The van der Waals surface area contributed by atoms with Crippen LogP contribution in [0.4, 0.5) is 13.2 Å². The summed E-state index contributed by atoms with van der Waals surface area (Å²) in [5.74, 6) is -2.70. The fourth-order valence-electron chi connectivity index (χ4n) is 3.89. The molecule has 0 unspecified atom stereocenters. The minimum Gasteiger partial charge on any atom is -0.475 e. The Morgan fingerprint density at radius 1 is 1.03 bits per heavy atom. The molecule has 33 heavy (non-hydrogen) atoms. The molecule has 2 aliphatic rings. The van der Waals surface area contributed by atoms with Gasteiger partial charge in [0.05, 0.1) is 30.0 Å². The molecule has 182 valence electrons.